The van der Waals surface area contributed by atoms with Crippen molar-refractivity contribution in [2.45, 2.75) is 70.3 Å². The highest BCUT2D eigenvalue weighted by Crippen LogP contribution is 2.48. The number of carbonyl (C=O) groups is 1. The van der Waals surface area contributed by atoms with Gasteiger partial charge in [-0.25, -0.2) is 8.78 Å². The van der Waals surface area contributed by atoms with E-state index in [0.717, 1.165) is 34.3 Å². The van der Waals surface area contributed by atoms with Crippen LogP contribution in [0.3, 0.4) is 0 Å². The Kier molecular flexibility index (Phi) is 12.2. The first-order chi connectivity index (χ1) is 20.6. The minimum atomic E-state index is -2.17. The highest BCUT2D eigenvalue weighted by molar-refractivity contribution is 6.74. The van der Waals surface area contributed by atoms with Gasteiger partial charge in [-0.2, -0.15) is 0 Å². The van der Waals surface area contributed by atoms with Crippen molar-refractivity contribution in [1.82, 2.24) is 0 Å². The SMILES string of the molecule is CC(C)(C)[Si](C)(C)OC(CCC1C(=O)N(c2ccc(F)cc2)C1c1ccc(OCCC[N+](C)(C)C)cc1)c1ccc(F)cc1.[Br-]. The van der Waals surface area contributed by atoms with Gasteiger partial charge in [0.25, 0.3) is 0 Å². The maximum absolute atomic E-state index is 13.8. The second kappa shape index (κ2) is 14.9. The fourth-order valence-electron chi connectivity index (χ4n) is 5.43. The molecule has 4 rings (SSSR count). The van der Waals surface area contributed by atoms with E-state index in [2.05, 4.69) is 55.0 Å². The zero-order valence-corrected chi connectivity index (χ0v) is 30.5. The first kappa shape index (κ1) is 36.9. The summed E-state index contributed by atoms with van der Waals surface area (Å²) in [5.41, 5.74) is 2.59. The largest absolute Gasteiger partial charge is 1.00 e. The third-order valence-electron chi connectivity index (χ3n) is 9.01. The molecule has 0 aliphatic carbocycles. The number of anilines is 1. The summed E-state index contributed by atoms with van der Waals surface area (Å²) < 4.78 is 41.3. The molecule has 0 bridgehead atoms. The van der Waals surface area contributed by atoms with Crippen LogP contribution in [0.2, 0.25) is 18.1 Å². The van der Waals surface area contributed by atoms with Gasteiger partial charge in [-0.1, -0.05) is 45.0 Å². The lowest BCUT2D eigenvalue weighted by atomic mass is 9.78. The van der Waals surface area contributed by atoms with Crippen LogP contribution in [0.4, 0.5) is 14.5 Å². The number of hydrogen-bond donors (Lipinski definition) is 0. The average Bonchev–Trinajstić information content (AvgIpc) is 2.94. The van der Waals surface area contributed by atoms with Crippen molar-refractivity contribution in [2.24, 2.45) is 5.92 Å². The first-order valence-electron chi connectivity index (χ1n) is 15.6. The van der Waals surface area contributed by atoms with Crippen LogP contribution in [0.1, 0.15) is 63.3 Å². The summed E-state index contributed by atoms with van der Waals surface area (Å²) in [6.07, 6.45) is 1.92. The molecule has 3 aromatic rings. The van der Waals surface area contributed by atoms with Gasteiger partial charge in [0.05, 0.1) is 52.4 Å². The molecule has 1 fully saturated rings. The van der Waals surface area contributed by atoms with Crippen molar-refractivity contribution < 1.29 is 44.2 Å². The normalized spacial score (nSPS) is 17.8. The van der Waals surface area contributed by atoms with Gasteiger partial charge < -0.3 is 35.5 Å². The molecule has 3 unspecified atom stereocenters. The fourth-order valence-corrected chi connectivity index (χ4v) is 6.74. The number of β-lactam (4-membered cyclic amide) rings is 1. The lowest BCUT2D eigenvalue weighted by molar-refractivity contribution is -0.870. The number of carbonyl (C=O) groups excluding carboxylic acids is 1. The van der Waals surface area contributed by atoms with Crippen LogP contribution in [-0.2, 0) is 9.22 Å². The Hall–Kier alpha value is -2.59. The summed E-state index contributed by atoms with van der Waals surface area (Å²) in [5.74, 6) is -0.101. The second-order valence-corrected chi connectivity index (χ2v) is 19.3. The van der Waals surface area contributed by atoms with Crippen molar-refractivity contribution in [2.75, 3.05) is 39.2 Å². The average molecular weight is 704 g/mol. The maximum atomic E-state index is 13.8. The van der Waals surface area contributed by atoms with E-state index in [9.17, 15) is 13.6 Å². The number of halogens is 3. The molecule has 0 radical (unpaired) electrons. The molecular formula is C36H49BrF2N2O3Si. The van der Waals surface area contributed by atoms with E-state index < -0.39 is 8.32 Å². The molecule has 1 saturated heterocycles. The van der Waals surface area contributed by atoms with Gasteiger partial charge in [-0.05, 0) is 90.6 Å². The van der Waals surface area contributed by atoms with Gasteiger partial charge in [0, 0.05) is 12.1 Å². The number of amides is 1. The fraction of sp³-hybridized carbons (Fsp3) is 0.472. The number of ether oxygens (including phenoxy) is 1. The summed E-state index contributed by atoms with van der Waals surface area (Å²) in [5, 5.41) is -0.00478. The van der Waals surface area contributed by atoms with E-state index >= 15 is 0 Å². The summed E-state index contributed by atoms with van der Waals surface area (Å²) in [4.78, 5) is 15.5. The van der Waals surface area contributed by atoms with Crippen molar-refractivity contribution in [3.63, 3.8) is 0 Å². The lowest BCUT2D eigenvalue weighted by Crippen LogP contribution is -3.00. The van der Waals surface area contributed by atoms with E-state index in [1.165, 1.54) is 24.3 Å². The van der Waals surface area contributed by atoms with Crippen molar-refractivity contribution >= 4 is 19.9 Å². The summed E-state index contributed by atoms with van der Waals surface area (Å²) in [6, 6.07) is 20.4. The Bertz CT molecular complexity index is 1390. The molecule has 3 aromatic carbocycles. The van der Waals surface area contributed by atoms with Crippen molar-refractivity contribution in [3.05, 3.63) is 95.6 Å². The standard InChI is InChI=1S/C36H49F2N2O3Si.BrH/c1-36(2,3)44(7,8)43-33(26-10-14-28(37)15-11-26)23-22-32-34(39(35(32)41)30-18-16-29(38)17-19-30)27-12-20-31(21-13-27)42-25-9-24-40(4,5)6;/h10-21,32-34H,9,22-25H2,1-8H3;1H/q+1;/p-1. The van der Waals surface area contributed by atoms with Crippen LogP contribution < -0.4 is 26.6 Å². The zero-order valence-electron chi connectivity index (χ0n) is 27.9. The number of benzene rings is 3. The van der Waals surface area contributed by atoms with Crippen LogP contribution in [0.5, 0.6) is 5.75 Å². The summed E-state index contributed by atoms with van der Waals surface area (Å²) in [7, 11) is 4.33. The Labute approximate surface area is 280 Å². The Morgan fingerprint density at radius 1 is 0.889 bits per heavy atom. The molecule has 246 valence electrons. The van der Waals surface area contributed by atoms with Gasteiger partial charge in [0.15, 0.2) is 8.32 Å². The van der Waals surface area contributed by atoms with E-state index in [4.69, 9.17) is 9.16 Å². The van der Waals surface area contributed by atoms with Gasteiger partial charge in [-0.15, -0.1) is 0 Å². The number of rotatable bonds is 13. The van der Waals surface area contributed by atoms with E-state index in [0.29, 0.717) is 25.1 Å². The van der Waals surface area contributed by atoms with Crippen LogP contribution in [0.25, 0.3) is 0 Å². The lowest BCUT2D eigenvalue weighted by Gasteiger charge is -2.48. The van der Waals surface area contributed by atoms with E-state index in [1.54, 1.807) is 29.2 Å². The molecular weight excluding hydrogens is 654 g/mol. The molecule has 5 nitrogen and oxygen atoms in total. The molecule has 1 aliphatic heterocycles. The minimum Gasteiger partial charge on any atom is -1.00 e. The first-order valence-corrected chi connectivity index (χ1v) is 18.5. The summed E-state index contributed by atoms with van der Waals surface area (Å²) >= 11 is 0. The molecule has 0 N–H and O–H groups in total. The third kappa shape index (κ3) is 9.47. The predicted octanol–water partition coefficient (Wildman–Crippen LogP) is 5.69. The topological polar surface area (TPSA) is 38.8 Å². The van der Waals surface area contributed by atoms with Crippen LogP contribution in [-0.4, -0.2) is 53.0 Å². The molecule has 3 atom stereocenters. The Balaban J connectivity index is 0.00000552. The molecule has 1 heterocycles. The smallest absolute Gasteiger partial charge is 0.233 e. The van der Waals surface area contributed by atoms with Crippen LogP contribution >= 0.6 is 0 Å². The molecule has 1 aliphatic rings. The van der Waals surface area contributed by atoms with Crippen molar-refractivity contribution in [1.29, 1.82) is 0 Å². The number of nitrogens with zero attached hydrogens (tertiary/aromatic N) is 2. The second-order valence-electron chi connectivity index (χ2n) is 14.5. The molecule has 0 aromatic heterocycles. The number of quaternary nitrogens is 1. The van der Waals surface area contributed by atoms with Gasteiger partial charge in [0.2, 0.25) is 5.91 Å². The van der Waals surface area contributed by atoms with Gasteiger partial charge in [0.1, 0.15) is 17.4 Å². The van der Waals surface area contributed by atoms with E-state index in [-0.39, 0.29) is 57.6 Å². The molecule has 1 amide bonds. The van der Waals surface area contributed by atoms with E-state index in [1.807, 2.05) is 24.3 Å². The zero-order chi connectivity index (χ0) is 32.3. The van der Waals surface area contributed by atoms with Gasteiger partial charge in [-0.3, -0.25) is 4.79 Å². The molecule has 0 saturated carbocycles. The predicted molar refractivity (Wildman–Crippen MR) is 176 cm³/mol. The highest BCUT2D eigenvalue weighted by atomic mass is 79.9. The molecule has 0 spiro atoms. The van der Waals surface area contributed by atoms with Gasteiger partial charge >= 0.3 is 0 Å². The quantitative estimate of drug-likeness (QED) is 0.0995. The van der Waals surface area contributed by atoms with Crippen LogP contribution in [0, 0.1) is 17.6 Å². The molecule has 9 heteroatoms. The summed E-state index contributed by atoms with van der Waals surface area (Å²) in [6.45, 7) is 12.7. The maximum Gasteiger partial charge on any atom is 0.233 e. The highest BCUT2D eigenvalue weighted by Gasteiger charge is 2.49. The molecule has 45 heavy (non-hydrogen) atoms. The Morgan fingerprint density at radius 2 is 1.44 bits per heavy atom. The minimum absolute atomic E-state index is 0. The monoisotopic (exact) mass is 702 g/mol. The number of hydrogen-bond acceptors (Lipinski definition) is 3. The Morgan fingerprint density at radius 3 is 1.98 bits per heavy atom. The van der Waals surface area contributed by atoms with Crippen LogP contribution in [0.15, 0.2) is 72.8 Å². The third-order valence-corrected chi connectivity index (χ3v) is 13.5. The van der Waals surface area contributed by atoms with Crippen molar-refractivity contribution in [3.8, 4) is 5.75 Å².